The molecule has 1 atom stereocenters. The van der Waals surface area contributed by atoms with E-state index in [1.807, 2.05) is 6.07 Å². The number of hydrogen-bond donors (Lipinski definition) is 2. The van der Waals surface area contributed by atoms with Crippen molar-refractivity contribution in [3.8, 4) is 6.07 Å². The molecule has 0 fully saturated rings. The van der Waals surface area contributed by atoms with Crippen LogP contribution in [-0.4, -0.2) is 30.8 Å². The monoisotopic (exact) mass is 220 g/mol. The summed E-state index contributed by atoms with van der Waals surface area (Å²) in [4.78, 5) is 10.9. The van der Waals surface area contributed by atoms with Gasteiger partial charge < -0.3 is 15.2 Å². The molecule has 0 spiro atoms. The summed E-state index contributed by atoms with van der Waals surface area (Å²) in [6, 6.07) is 7.85. The lowest BCUT2D eigenvalue weighted by Gasteiger charge is -2.15. The first-order chi connectivity index (χ1) is 7.69. The number of benzene rings is 1. The maximum absolute atomic E-state index is 10.9. The van der Waals surface area contributed by atoms with E-state index in [4.69, 9.17) is 15.1 Å². The highest BCUT2D eigenvalue weighted by Crippen LogP contribution is 2.14. The molecule has 0 amide bonds. The fourth-order valence-corrected chi connectivity index (χ4v) is 1.24. The van der Waals surface area contributed by atoms with Crippen LogP contribution in [0.2, 0.25) is 0 Å². The van der Waals surface area contributed by atoms with Crippen LogP contribution in [-0.2, 0) is 9.53 Å². The van der Waals surface area contributed by atoms with E-state index in [9.17, 15) is 4.79 Å². The van der Waals surface area contributed by atoms with E-state index in [-0.39, 0.29) is 6.61 Å². The van der Waals surface area contributed by atoms with Crippen LogP contribution in [0.5, 0.6) is 0 Å². The number of carboxylic acids is 1. The Bertz CT molecular complexity index is 412. The Kier molecular flexibility index (Phi) is 4.30. The van der Waals surface area contributed by atoms with E-state index in [0.717, 1.165) is 0 Å². The fraction of sp³-hybridized carbons (Fsp3) is 0.273. The van der Waals surface area contributed by atoms with Crippen molar-refractivity contribution in [3.05, 3.63) is 29.8 Å². The number of anilines is 1. The average molecular weight is 220 g/mol. The van der Waals surface area contributed by atoms with Gasteiger partial charge in [-0.05, 0) is 12.1 Å². The first kappa shape index (κ1) is 12.0. The lowest BCUT2D eigenvalue weighted by Crippen LogP contribution is -2.33. The standard InChI is InChI=1S/C11H12N2O3/c1-16-7-10(11(14)15)13-9-5-3-2-4-8(9)6-12/h2-5,10,13H,7H2,1H3,(H,14,15). The number of nitriles is 1. The molecular formula is C11H12N2O3. The summed E-state index contributed by atoms with van der Waals surface area (Å²) in [7, 11) is 1.42. The van der Waals surface area contributed by atoms with E-state index in [1.54, 1.807) is 24.3 Å². The number of nitrogens with zero attached hydrogens (tertiary/aromatic N) is 1. The molecule has 0 radical (unpaired) electrons. The fourth-order valence-electron chi connectivity index (χ4n) is 1.24. The van der Waals surface area contributed by atoms with Gasteiger partial charge in [-0.1, -0.05) is 12.1 Å². The molecule has 84 valence electrons. The third-order valence-electron chi connectivity index (χ3n) is 2.01. The second kappa shape index (κ2) is 5.73. The molecule has 0 saturated carbocycles. The molecule has 5 nitrogen and oxygen atoms in total. The van der Waals surface area contributed by atoms with E-state index < -0.39 is 12.0 Å². The predicted octanol–water partition coefficient (Wildman–Crippen LogP) is 1.07. The van der Waals surface area contributed by atoms with Gasteiger partial charge in [0.2, 0.25) is 0 Å². The molecule has 2 N–H and O–H groups in total. The Morgan fingerprint density at radius 3 is 2.88 bits per heavy atom. The number of carboxylic acid groups (broad SMARTS) is 1. The van der Waals surface area contributed by atoms with Gasteiger partial charge in [0.15, 0.2) is 0 Å². The SMILES string of the molecule is COCC(Nc1ccccc1C#N)C(=O)O. The third kappa shape index (κ3) is 2.97. The van der Waals surface area contributed by atoms with Gasteiger partial charge in [-0.2, -0.15) is 5.26 Å². The Morgan fingerprint density at radius 1 is 1.62 bits per heavy atom. The number of ether oxygens (including phenoxy) is 1. The van der Waals surface area contributed by atoms with Crippen molar-refractivity contribution >= 4 is 11.7 Å². The predicted molar refractivity (Wildman–Crippen MR) is 58.1 cm³/mol. The van der Waals surface area contributed by atoms with Crippen molar-refractivity contribution in [2.45, 2.75) is 6.04 Å². The number of hydrogen-bond acceptors (Lipinski definition) is 4. The summed E-state index contributed by atoms with van der Waals surface area (Å²) in [5.41, 5.74) is 0.902. The molecule has 0 bridgehead atoms. The van der Waals surface area contributed by atoms with Crippen LogP contribution >= 0.6 is 0 Å². The molecule has 1 unspecified atom stereocenters. The van der Waals surface area contributed by atoms with E-state index >= 15 is 0 Å². The number of methoxy groups -OCH3 is 1. The lowest BCUT2D eigenvalue weighted by atomic mass is 10.2. The Labute approximate surface area is 93.3 Å². The summed E-state index contributed by atoms with van der Waals surface area (Å²) in [5.74, 6) is -1.02. The first-order valence-corrected chi connectivity index (χ1v) is 4.66. The van der Waals surface area contributed by atoms with Crippen molar-refractivity contribution in [3.63, 3.8) is 0 Å². The minimum absolute atomic E-state index is 0.0368. The molecule has 0 aliphatic carbocycles. The Hall–Kier alpha value is -2.06. The zero-order valence-corrected chi connectivity index (χ0v) is 8.80. The van der Waals surface area contributed by atoms with E-state index in [2.05, 4.69) is 5.32 Å². The number of rotatable bonds is 5. The summed E-state index contributed by atoms with van der Waals surface area (Å²) >= 11 is 0. The van der Waals surface area contributed by atoms with Crippen LogP contribution in [0.15, 0.2) is 24.3 Å². The smallest absolute Gasteiger partial charge is 0.328 e. The van der Waals surface area contributed by atoms with Gasteiger partial charge in [0.25, 0.3) is 0 Å². The molecule has 5 heteroatoms. The van der Waals surface area contributed by atoms with Crippen LogP contribution in [0.3, 0.4) is 0 Å². The van der Waals surface area contributed by atoms with Crippen molar-refractivity contribution in [2.75, 3.05) is 19.0 Å². The van der Waals surface area contributed by atoms with Gasteiger partial charge in [-0.3, -0.25) is 0 Å². The minimum atomic E-state index is -1.02. The highest BCUT2D eigenvalue weighted by Gasteiger charge is 2.17. The van der Waals surface area contributed by atoms with Crippen LogP contribution in [0.4, 0.5) is 5.69 Å². The molecule has 0 aliphatic rings. The lowest BCUT2D eigenvalue weighted by molar-refractivity contribution is -0.139. The third-order valence-corrected chi connectivity index (χ3v) is 2.01. The molecule has 16 heavy (non-hydrogen) atoms. The Balaban J connectivity index is 2.85. The largest absolute Gasteiger partial charge is 0.480 e. The van der Waals surface area contributed by atoms with Crippen LogP contribution in [0.1, 0.15) is 5.56 Å². The summed E-state index contributed by atoms with van der Waals surface area (Å²) in [6.45, 7) is 0.0368. The summed E-state index contributed by atoms with van der Waals surface area (Å²) < 4.78 is 4.78. The minimum Gasteiger partial charge on any atom is -0.480 e. The topological polar surface area (TPSA) is 82.3 Å². The zero-order chi connectivity index (χ0) is 12.0. The second-order valence-electron chi connectivity index (χ2n) is 3.15. The first-order valence-electron chi connectivity index (χ1n) is 4.66. The van der Waals surface area contributed by atoms with Gasteiger partial charge >= 0.3 is 5.97 Å². The van der Waals surface area contributed by atoms with Crippen molar-refractivity contribution < 1.29 is 14.6 Å². The van der Waals surface area contributed by atoms with Gasteiger partial charge in [-0.25, -0.2) is 4.79 Å². The maximum Gasteiger partial charge on any atom is 0.328 e. The van der Waals surface area contributed by atoms with Crippen molar-refractivity contribution in [1.82, 2.24) is 0 Å². The van der Waals surface area contributed by atoms with Crippen LogP contribution in [0.25, 0.3) is 0 Å². The molecule has 1 rings (SSSR count). The number of nitrogens with one attached hydrogen (secondary N) is 1. The van der Waals surface area contributed by atoms with Gasteiger partial charge in [0.05, 0.1) is 17.9 Å². The Morgan fingerprint density at radius 2 is 2.31 bits per heavy atom. The highest BCUT2D eigenvalue weighted by molar-refractivity contribution is 5.78. The van der Waals surface area contributed by atoms with Crippen molar-refractivity contribution in [1.29, 1.82) is 5.26 Å². The molecule has 0 heterocycles. The maximum atomic E-state index is 10.9. The molecule has 0 saturated heterocycles. The number of aliphatic carboxylic acids is 1. The van der Waals surface area contributed by atoms with Gasteiger partial charge in [-0.15, -0.1) is 0 Å². The summed E-state index contributed by atoms with van der Waals surface area (Å²) in [6.07, 6.45) is 0. The van der Waals surface area contributed by atoms with Gasteiger partial charge in [0.1, 0.15) is 12.1 Å². The zero-order valence-electron chi connectivity index (χ0n) is 8.80. The highest BCUT2D eigenvalue weighted by atomic mass is 16.5. The molecule has 1 aromatic carbocycles. The number of carbonyl (C=O) groups is 1. The van der Waals surface area contributed by atoms with E-state index in [1.165, 1.54) is 7.11 Å². The summed E-state index contributed by atoms with van der Waals surface area (Å²) in [5, 5.41) is 20.5. The average Bonchev–Trinajstić information content (AvgIpc) is 2.29. The normalized spacial score (nSPS) is 11.5. The van der Waals surface area contributed by atoms with Crippen LogP contribution in [0, 0.1) is 11.3 Å². The quantitative estimate of drug-likeness (QED) is 0.775. The van der Waals surface area contributed by atoms with E-state index in [0.29, 0.717) is 11.3 Å². The number of para-hydroxylation sites is 1. The van der Waals surface area contributed by atoms with Gasteiger partial charge in [0, 0.05) is 7.11 Å². The molecular weight excluding hydrogens is 208 g/mol. The van der Waals surface area contributed by atoms with Crippen molar-refractivity contribution in [2.24, 2.45) is 0 Å². The van der Waals surface area contributed by atoms with Crippen LogP contribution < -0.4 is 5.32 Å². The molecule has 0 aliphatic heterocycles. The molecule has 0 aromatic heterocycles. The molecule has 1 aromatic rings. The second-order valence-corrected chi connectivity index (χ2v) is 3.15.